The van der Waals surface area contributed by atoms with Crippen LogP contribution < -0.4 is 15.2 Å². The number of halogens is 1. The van der Waals surface area contributed by atoms with Gasteiger partial charge < -0.3 is 20.3 Å². The molecule has 0 saturated heterocycles. The molecular formula is C17H20ClNO4. The summed E-state index contributed by atoms with van der Waals surface area (Å²) in [6.45, 7) is 0. The van der Waals surface area contributed by atoms with Gasteiger partial charge in [-0.2, -0.15) is 0 Å². The Morgan fingerprint density at radius 2 is 1.61 bits per heavy atom. The summed E-state index contributed by atoms with van der Waals surface area (Å²) in [5, 5.41) is 8.85. The number of carboxylic acid groups (broad SMARTS) is 1. The SMILES string of the molecule is COc1cccc(OC)c1-c1ccc(C[C@H](N)C(=O)O)cc1.Cl. The molecule has 2 aromatic carbocycles. The zero-order valence-electron chi connectivity index (χ0n) is 13.0. The standard InChI is InChI=1S/C17H19NO4.ClH/c1-21-14-4-3-5-15(22-2)16(14)12-8-6-11(7-9-12)10-13(18)17(19)20;/h3-9,13H,10,18H2,1-2H3,(H,19,20);1H/t13-;/m0./s1. The number of carbonyl (C=O) groups is 1. The van der Waals surface area contributed by atoms with Crippen molar-refractivity contribution < 1.29 is 19.4 Å². The molecule has 0 heterocycles. The van der Waals surface area contributed by atoms with Gasteiger partial charge in [-0.3, -0.25) is 4.79 Å². The van der Waals surface area contributed by atoms with Crippen molar-refractivity contribution in [2.75, 3.05) is 14.2 Å². The Hall–Kier alpha value is -2.24. The molecule has 3 N–H and O–H groups in total. The minimum Gasteiger partial charge on any atom is -0.496 e. The molecule has 0 aliphatic rings. The predicted molar refractivity (Wildman–Crippen MR) is 91.5 cm³/mol. The Labute approximate surface area is 141 Å². The minimum atomic E-state index is -1.00. The van der Waals surface area contributed by atoms with Gasteiger partial charge in [0, 0.05) is 0 Å². The smallest absolute Gasteiger partial charge is 0.320 e. The lowest BCUT2D eigenvalue weighted by atomic mass is 9.99. The molecule has 5 nitrogen and oxygen atoms in total. The number of benzene rings is 2. The second-order valence-electron chi connectivity index (χ2n) is 4.88. The average molecular weight is 338 g/mol. The van der Waals surface area contributed by atoms with E-state index < -0.39 is 12.0 Å². The first kappa shape index (κ1) is 18.8. The van der Waals surface area contributed by atoms with Crippen LogP contribution in [0, 0.1) is 0 Å². The van der Waals surface area contributed by atoms with Gasteiger partial charge in [0.1, 0.15) is 17.5 Å². The van der Waals surface area contributed by atoms with Crippen molar-refractivity contribution in [2.24, 2.45) is 5.73 Å². The van der Waals surface area contributed by atoms with Crippen molar-refractivity contribution in [3.8, 4) is 22.6 Å². The van der Waals surface area contributed by atoms with Crippen LogP contribution in [0.1, 0.15) is 5.56 Å². The van der Waals surface area contributed by atoms with Crippen molar-refractivity contribution in [3.63, 3.8) is 0 Å². The van der Waals surface area contributed by atoms with E-state index in [4.69, 9.17) is 20.3 Å². The minimum absolute atomic E-state index is 0. The highest BCUT2D eigenvalue weighted by Crippen LogP contribution is 2.38. The number of methoxy groups -OCH3 is 2. The summed E-state index contributed by atoms with van der Waals surface area (Å²) < 4.78 is 10.8. The molecule has 0 aliphatic heterocycles. The van der Waals surface area contributed by atoms with Crippen LogP contribution in [0.2, 0.25) is 0 Å². The summed E-state index contributed by atoms with van der Waals surface area (Å²) in [4.78, 5) is 10.8. The molecule has 124 valence electrons. The van der Waals surface area contributed by atoms with Gasteiger partial charge in [-0.1, -0.05) is 30.3 Å². The second-order valence-corrected chi connectivity index (χ2v) is 4.88. The first-order valence-corrected chi connectivity index (χ1v) is 6.85. The van der Waals surface area contributed by atoms with Gasteiger partial charge in [-0.25, -0.2) is 0 Å². The molecule has 0 bridgehead atoms. The molecule has 0 fully saturated rings. The summed E-state index contributed by atoms with van der Waals surface area (Å²) >= 11 is 0. The van der Waals surface area contributed by atoms with Gasteiger partial charge >= 0.3 is 5.97 Å². The van der Waals surface area contributed by atoms with Gasteiger partial charge in [-0.15, -0.1) is 12.4 Å². The Morgan fingerprint density at radius 3 is 2.04 bits per heavy atom. The molecule has 2 aromatic rings. The summed E-state index contributed by atoms with van der Waals surface area (Å²) in [6.07, 6.45) is 0.290. The van der Waals surface area contributed by atoms with Crippen LogP contribution in [0.25, 0.3) is 11.1 Å². The Bertz CT molecular complexity index is 636. The van der Waals surface area contributed by atoms with E-state index in [0.717, 1.165) is 16.7 Å². The highest BCUT2D eigenvalue weighted by molar-refractivity contribution is 5.85. The van der Waals surface area contributed by atoms with E-state index in [1.807, 2.05) is 42.5 Å². The monoisotopic (exact) mass is 337 g/mol. The molecule has 0 unspecified atom stereocenters. The first-order chi connectivity index (χ1) is 10.6. The van der Waals surface area contributed by atoms with Crippen LogP contribution in [-0.4, -0.2) is 31.3 Å². The van der Waals surface area contributed by atoms with Gasteiger partial charge in [-0.05, 0) is 29.7 Å². The number of hydrogen-bond acceptors (Lipinski definition) is 4. The third kappa shape index (κ3) is 4.37. The van der Waals surface area contributed by atoms with Gasteiger partial charge in [0.05, 0.1) is 19.8 Å². The molecule has 0 radical (unpaired) electrons. The zero-order valence-corrected chi connectivity index (χ0v) is 13.8. The molecule has 0 spiro atoms. The van der Waals surface area contributed by atoms with E-state index in [-0.39, 0.29) is 12.4 Å². The summed E-state index contributed by atoms with van der Waals surface area (Å²) in [5.74, 6) is 0.430. The highest BCUT2D eigenvalue weighted by atomic mass is 35.5. The van der Waals surface area contributed by atoms with Gasteiger partial charge in [0.2, 0.25) is 0 Å². The molecule has 23 heavy (non-hydrogen) atoms. The van der Waals surface area contributed by atoms with E-state index in [0.29, 0.717) is 17.9 Å². The first-order valence-electron chi connectivity index (χ1n) is 6.85. The van der Waals surface area contributed by atoms with E-state index in [1.54, 1.807) is 14.2 Å². The maximum atomic E-state index is 10.8. The zero-order chi connectivity index (χ0) is 16.1. The average Bonchev–Trinajstić information content (AvgIpc) is 2.54. The summed E-state index contributed by atoms with van der Waals surface area (Å²) in [5.41, 5.74) is 8.21. The Balaban J connectivity index is 0.00000264. The summed E-state index contributed by atoms with van der Waals surface area (Å²) in [7, 11) is 3.22. The number of rotatable bonds is 6. The van der Waals surface area contributed by atoms with Crippen LogP contribution in [0.3, 0.4) is 0 Å². The molecule has 1 atom stereocenters. The number of nitrogens with two attached hydrogens (primary N) is 1. The normalized spacial score (nSPS) is 11.3. The topological polar surface area (TPSA) is 81.8 Å². The van der Waals surface area contributed by atoms with Crippen molar-refractivity contribution in [1.82, 2.24) is 0 Å². The maximum Gasteiger partial charge on any atom is 0.320 e. The summed E-state index contributed by atoms with van der Waals surface area (Å²) in [6, 6.07) is 12.2. The number of aliphatic carboxylic acids is 1. The molecule has 0 aromatic heterocycles. The number of ether oxygens (including phenoxy) is 2. The molecule has 0 aliphatic carbocycles. The molecule has 0 saturated carbocycles. The lowest BCUT2D eigenvalue weighted by Crippen LogP contribution is -2.32. The van der Waals surface area contributed by atoms with E-state index in [2.05, 4.69) is 0 Å². The number of carboxylic acids is 1. The Morgan fingerprint density at radius 1 is 1.09 bits per heavy atom. The van der Waals surface area contributed by atoms with Crippen molar-refractivity contribution >= 4 is 18.4 Å². The Kier molecular flexibility index (Phi) is 6.88. The van der Waals surface area contributed by atoms with E-state index >= 15 is 0 Å². The van der Waals surface area contributed by atoms with Gasteiger partial charge in [0.25, 0.3) is 0 Å². The fraction of sp³-hybridized carbons (Fsp3) is 0.235. The predicted octanol–water partition coefficient (Wildman–Crippen LogP) is 2.75. The largest absolute Gasteiger partial charge is 0.496 e. The van der Waals surface area contributed by atoms with E-state index in [9.17, 15) is 4.79 Å². The van der Waals surface area contributed by atoms with Crippen molar-refractivity contribution in [1.29, 1.82) is 0 Å². The molecule has 2 rings (SSSR count). The molecule has 6 heteroatoms. The second kappa shape index (κ2) is 8.41. The lowest BCUT2D eigenvalue weighted by molar-refractivity contribution is -0.138. The van der Waals surface area contributed by atoms with Crippen LogP contribution >= 0.6 is 12.4 Å². The maximum absolute atomic E-state index is 10.8. The third-order valence-electron chi connectivity index (χ3n) is 3.44. The van der Waals surface area contributed by atoms with Gasteiger partial charge in [0.15, 0.2) is 0 Å². The van der Waals surface area contributed by atoms with Crippen molar-refractivity contribution in [2.45, 2.75) is 12.5 Å². The molecular weight excluding hydrogens is 318 g/mol. The van der Waals surface area contributed by atoms with Crippen LogP contribution in [-0.2, 0) is 11.2 Å². The lowest BCUT2D eigenvalue weighted by Gasteiger charge is -2.14. The van der Waals surface area contributed by atoms with Crippen LogP contribution in [0.4, 0.5) is 0 Å². The van der Waals surface area contributed by atoms with Crippen molar-refractivity contribution in [3.05, 3.63) is 48.0 Å². The highest BCUT2D eigenvalue weighted by Gasteiger charge is 2.14. The fourth-order valence-electron chi connectivity index (χ4n) is 2.28. The third-order valence-corrected chi connectivity index (χ3v) is 3.44. The van der Waals surface area contributed by atoms with Crippen LogP contribution in [0.5, 0.6) is 11.5 Å². The fourth-order valence-corrected chi connectivity index (χ4v) is 2.28. The quantitative estimate of drug-likeness (QED) is 0.847. The van der Waals surface area contributed by atoms with E-state index in [1.165, 1.54) is 0 Å². The number of hydrogen-bond donors (Lipinski definition) is 2. The van der Waals surface area contributed by atoms with Crippen LogP contribution in [0.15, 0.2) is 42.5 Å². The molecule has 0 amide bonds.